The highest BCUT2D eigenvalue weighted by Crippen LogP contribution is 2.17. The first-order valence-electron chi connectivity index (χ1n) is 8.58. The Morgan fingerprint density at radius 1 is 1.13 bits per heavy atom. The summed E-state index contributed by atoms with van der Waals surface area (Å²) in [6.45, 7) is 5.55. The van der Waals surface area contributed by atoms with Gasteiger partial charge in [0.25, 0.3) is 0 Å². The van der Waals surface area contributed by atoms with E-state index in [9.17, 15) is 9.59 Å². The van der Waals surface area contributed by atoms with Gasteiger partial charge in [-0.05, 0) is 44.1 Å². The summed E-state index contributed by atoms with van der Waals surface area (Å²) >= 11 is 0. The Morgan fingerprint density at radius 2 is 1.87 bits per heavy atom. The molecule has 2 aromatic rings. The van der Waals surface area contributed by atoms with Gasteiger partial charge in [-0.1, -0.05) is 19.8 Å². The maximum atomic E-state index is 12.1. The number of hydrogen-bond donors (Lipinski definition) is 0. The lowest BCUT2D eigenvalue weighted by molar-refractivity contribution is 0.0988. The molecule has 5 heteroatoms. The number of hydrogen-bond acceptors (Lipinski definition) is 4. The van der Waals surface area contributed by atoms with Crippen LogP contribution in [0, 0.1) is 0 Å². The zero-order chi connectivity index (χ0) is 16.2. The van der Waals surface area contributed by atoms with Gasteiger partial charge >= 0.3 is 5.76 Å². The van der Waals surface area contributed by atoms with Gasteiger partial charge in [-0.2, -0.15) is 0 Å². The van der Waals surface area contributed by atoms with Gasteiger partial charge in [0, 0.05) is 25.1 Å². The predicted molar refractivity (Wildman–Crippen MR) is 90.0 cm³/mol. The Labute approximate surface area is 135 Å². The minimum absolute atomic E-state index is 0.0619. The van der Waals surface area contributed by atoms with Crippen LogP contribution in [-0.2, 0) is 6.54 Å². The first-order chi connectivity index (χ1) is 11.2. The van der Waals surface area contributed by atoms with E-state index in [1.165, 1.54) is 25.7 Å². The Hall–Kier alpha value is -1.88. The van der Waals surface area contributed by atoms with Crippen LogP contribution in [0.4, 0.5) is 0 Å². The zero-order valence-corrected chi connectivity index (χ0v) is 13.7. The monoisotopic (exact) mass is 316 g/mol. The third-order valence-electron chi connectivity index (χ3n) is 4.65. The Bertz CT molecular complexity index is 736. The van der Waals surface area contributed by atoms with Crippen LogP contribution in [0.25, 0.3) is 11.1 Å². The van der Waals surface area contributed by atoms with Crippen LogP contribution in [0.5, 0.6) is 0 Å². The van der Waals surface area contributed by atoms with Crippen LogP contribution in [0.1, 0.15) is 49.4 Å². The van der Waals surface area contributed by atoms with Gasteiger partial charge in [-0.25, -0.2) is 4.79 Å². The summed E-state index contributed by atoms with van der Waals surface area (Å²) in [4.78, 5) is 26.3. The summed E-state index contributed by atoms with van der Waals surface area (Å²) in [5, 5.41) is 0. The fraction of sp³-hybridized carbons (Fsp3) is 0.556. The van der Waals surface area contributed by atoms with Gasteiger partial charge in [-0.3, -0.25) is 9.36 Å². The van der Waals surface area contributed by atoms with E-state index in [4.69, 9.17) is 4.42 Å². The molecule has 0 radical (unpaired) electrons. The molecule has 5 nitrogen and oxygen atoms in total. The first-order valence-corrected chi connectivity index (χ1v) is 8.58. The molecule has 2 heterocycles. The van der Waals surface area contributed by atoms with Crippen molar-refractivity contribution in [3.05, 3.63) is 34.3 Å². The van der Waals surface area contributed by atoms with Crippen molar-refractivity contribution in [3.63, 3.8) is 0 Å². The molecule has 1 aliphatic rings. The summed E-state index contributed by atoms with van der Waals surface area (Å²) in [6.07, 6.45) is 5.54. The molecule has 1 aliphatic heterocycles. The number of ketones is 1. The first kappa shape index (κ1) is 16.0. The molecular formula is C18H24N2O3. The zero-order valence-electron chi connectivity index (χ0n) is 13.7. The lowest BCUT2D eigenvalue weighted by atomic mass is 10.1. The molecule has 0 N–H and O–H groups in total. The summed E-state index contributed by atoms with van der Waals surface area (Å²) in [5.41, 5.74) is 1.89. The predicted octanol–water partition coefficient (Wildman–Crippen LogP) is 3.06. The molecule has 0 bridgehead atoms. The molecule has 0 aliphatic carbocycles. The van der Waals surface area contributed by atoms with Crippen molar-refractivity contribution < 1.29 is 9.21 Å². The van der Waals surface area contributed by atoms with Gasteiger partial charge in [0.05, 0.1) is 5.52 Å². The third-order valence-corrected chi connectivity index (χ3v) is 4.65. The summed E-state index contributed by atoms with van der Waals surface area (Å²) in [7, 11) is 0. The van der Waals surface area contributed by atoms with Gasteiger partial charge < -0.3 is 9.32 Å². The Morgan fingerprint density at radius 3 is 2.57 bits per heavy atom. The van der Waals surface area contributed by atoms with Gasteiger partial charge in [0.15, 0.2) is 11.4 Å². The van der Waals surface area contributed by atoms with Crippen LogP contribution < -0.4 is 5.76 Å². The van der Waals surface area contributed by atoms with E-state index >= 15 is 0 Å². The third kappa shape index (κ3) is 3.55. The molecule has 1 aromatic carbocycles. The number of nitrogens with zero attached hydrogens (tertiary/aromatic N) is 2. The maximum absolute atomic E-state index is 12.1. The van der Waals surface area contributed by atoms with Crippen molar-refractivity contribution in [2.24, 2.45) is 0 Å². The molecule has 0 amide bonds. The molecule has 23 heavy (non-hydrogen) atoms. The molecule has 1 fully saturated rings. The van der Waals surface area contributed by atoms with Crippen molar-refractivity contribution in [3.8, 4) is 0 Å². The highest BCUT2D eigenvalue weighted by Gasteiger charge is 2.14. The number of rotatable bonds is 5. The molecule has 1 aromatic heterocycles. The molecule has 3 rings (SSSR count). The minimum atomic E-state index is -0.337. The molecule has 0 unspecified atom stereocenters. The largest absolute Gasteiger partial charge is 0.419 e. The molecule has 0 atom stereocenters. The molecule has 1 saturated heterocycles. The summed E-state index contributed by atoms with van der Waals surface area (Å²) in [6, 6.07) is 5.29. The number of carbonyl (C=O) groups is 1. The SMILES string of the molecule is CCC(=O)c1ccc2c(c1)oc(=O)n2CCN1CCCCCC1. The number of oxazole rings is 1. The lowest BCUT2D eigenvalue weighted by Gasteiger charge is -2.19. The standard InChI is InChI=1S/C18H24N2O3/c1-2-16(21)14-7-8-15-17(13-14)23-18(22)20(15)12-11-19-9-5-3-4-6-10-19/h7-8,13H,2-6,9-12H2,1H3. The average molecular weight is 316 g/mol. The molecular weight excluding hydrogens is 292 g/mol. The Kier molecular flexibility index (Phi) is 4.96. The molecule has 0 spiro atoms. The Balaban J connectivity index is 1.79. The van der Waals surface area contributed by atoms with Crippen molar-refractivity contribution >= 4 is 16.9 Å². The number of aromatic nitrogens is 1. The van der Waals surface area contributed by atoms with Gasteiger partial charge in [0.2, 0.25) is 0 Å². The van der Waals surface area contributed by atoms with E-state index in [0.717, 1.165) is 25.2 Å². The van der Waals surface area contributed by atoms with Crippen LogP contribution in [0.3, 0.4) is 0 Å². The van der Waals surface area contributed by atoms with Crippen LogP contribution in [-0.4, -0.2) is 34.9 Å². The molecule has 0 saturated carbocycles. The fourth-order valence-corrected chi connectivity index (χ4v) is 3.26. The number of fused-ring (bicyclic) bond motifs is 1. The quantitative estimate of drug-likeness (QED) is 0.796. The number of benzene rings is 1. The second-order valence-electron chi connectivity index (χ2n) is 6.23. The van der Waals surface area contributed by atoms with Crippen LogP contribution in [0.2, 0.25) is 0 Å². The second-order valence-corrected chi connectivity index (χ2v) is 6.23. The maximum Gasteiger partial charge on any atom is 0.419 e. The van der Waals surface area contributed by atoms with Crippen molar-refractivity contribution in [2.45, 2.75) is 45.6 Å². The summed E-state index contributed by atoms with van der Waals surface area (Å²) < 4.78 is 7.02. The average Bonchev–Trinajstić information content (AvgIpc) is 2.73. The topological polar surface area (TPSA) is 55.5 Å². The minimum Gasteiger partial charge on any atom is -0.408 e. The lowest BCUT2D eigenvalue weighted by Crippen LogP contribution is -2.30. The van der Waals surface area contributed by atoms with E-state index < -0.39 is 0 Å². The number of likely N-dealkylation sites (tertiary alicyclic amines) is 1. The van der Waals surface area contributed by atoms with Gasteiger partial charge in [-0.15, -0.1) is 0 Å². The van der Waals surface area contributed by atoms with Gasteiger partial charge in [0.1, 0.15) is 0 Å². The highest BCUT2D eigenvalue weighted by atomic mass is 16.4. The van der Waals surface area contributed by atoms with Crippen molar-refractivity contribution in [1.29, 1.82) is 0 Å². The van der Waals surface area contributed by atoms with Crippen molar-refractivity contribution in [2.75, 3.05) is 19.6 Å². The number of Topliss-reactive ketones (excluding diaryl/α,β-unsaturated/α-hetero) is 1. The summed E-state index contributed by atoms with van der Waals surface area (Å²) in [5.74, 6) is -0.275. The van der Waals surface area contributed by atoms with Crippen molar-refractivity contribution in [1.82, 2.24) is 9.47 Å². The smallest absolute Gasteiger partial charge is 0.408 e. The van der Waals surface area contributed by atoms with Crippen LogP contribution in [0.15, 0.2) is 27.4 Å². The van der Waals surface area contributed by atoms with E-state index in [2.05, 4.69) is 4.90 Å². The van der Waals surface area contributed by atoms with E-state index in [-0.39, 0.29) is 11.5 Å². The normalized spacial score (nSPS) is 16.6. The van der Waals surface area contributed by atoms with E-state index in [1.807, 2.05) is 13.0 Å². The highest BCUT2D eigenvalue weighted by molar-refractivity contribution is 5.98. The van der Waals surface area contributed by atoms with Crippen LogP contribution >= 0.6 is 0 Å². The molecule has 124 valence electrons. The number of carbonyl (C=O) groups excluding carboxylic acids is 1. The fourth-order valence-electron chi connectivity index (χ4n) is 3.26. The second kappa shape index (κ2) is 7.13. The van der Waals surface area contributed by atoms with E-state index in [0.29, 0.717) is 24.1 Å². The van der Waals surface area contributed by atoms with E-state index in [1.54, 1.807) is 16.7 Å².